The van der Waals surface area contributed by atoms with Crippen LogP contribution in [0.2, 0.25) is 0 Å². The molecule has 4 nitrogen and oxygen atoms in total. The van der Waals surface area contributed by atoms with Gasteiger partial charge in [0.25, 0.3) is 0 Å². The molecule has 2 fully saturated rings. The Morgan fingerprint density at radius 3 is 2.71 bits per heavy atom. The molecule has 1 aliphatic heterocycles. The topological polar surface area (TPSA) is 49.4 Å². The molecule has 0 spiro atoms. The van der Waals surface area contributed by atoms with Crippen LogP contribution in [0.1, 0.15) is 40.5 Å². The van der Waals surface area contributed by atoms with Crippen LogP contribution in [0.5, 0.6) is 0 Å². The Hall–Kier alpha value is -2.10. The summed E-state index contributed by atoms with van der Waals surface area (Å²) in [5.41, 5.74) is 2.88. The average molecular weight is 326 g/mol. The largest absolute Gasteiger partial charge is 0.326 e. The van der Waals surface area contributed by atoms with Crippen LogP contribution in [0.3, 0.4) is 0 Å². The number of hydrogen-bond acceptors (Lipinski definition) is 2. The highest BCUT2D eigenvalue weighted by Crippen LogP contribution is 2.59. The lowest BCUT2D eigenvalue weighted by atomic mass is 10.1. The minimum Gasteiger partial charge on any atom is -0.326 e. The first kappa shape index (κ1) is 16.7. The molecule has 1 aromatic rings. The summed E-state index contributed by atoms with van der Waals surface area (Å²) in [7, 11) is 0. The molecular formula is C20H26N2O2. The van der Waals surface area contributed by atoms with Crippen LogP contribution in [-0.2, 0) is 9.59 Å². The standard InChI is InChI=1S/C20H26N2O2/c1-13(2)11-16-18(20(16,3)4)19(24)21-14-7-5-8-15(12-14)22-10-6-9-17(22)23/h5,7-8,11-12,16,18H,6,9-10H2,1-4H3,(H,21,24)/t16-,18-/m0/s1. The zero-order valence-electron chi connectivity index (χ0n) is 14.9. The Morgan fingerprint density at radius 1 is 1.33 bits per heavy atom. The Labute approximate surface area is 143 Å². The molecule has 2 atom stereocenters. The maximum Gasteiger partial charge on any atom is 0.228 e. The number of carbonyl (C=O) groups excluding carboxylic acids is 2. The van der Waals surface area contributed by atoms with E-state index in [1.165, 1.54) is 5.57 Å². The van der Waals surface area contributed by atoms with E-state index in [0.717, 1.165) is 24.3 Å². The molecule has 0 unspecified atom stereocenters. The van der Waals surface area contributed by atoms with Gasteiger partial charge in [0.05, 0.1) is 5.92 Å². The lowest BCUT2D eigenvalue weighted by Crippen LogP contribution is -2.24. The lowest BCUT2D eigenvalue weighted by Gasteiger charge is -2.17. The number of amides is 2. The van der Waals surface area contributed by atoms with E-state index in [9.17, 15) is 9.59 Å². The number of nitrogens with one attached hydrogen (secondary N) is 1. The predicted molar refractivity (Wildman–Crippen MR) is 96.9 cm³/mol. The molecule has 2 aliphatic rings. The first-order chi connectivity index (χ1) is 11.3. The Bertz CT molecular complexity index is 701. The van der Waals surface area contributed by atoms with Crippen molar-refractivity contribution >= 4 is 23.2 Å². The van der Waals surface area contributed by atoms with E-state index in [1.807, 2.05) is 24.3 Å². The van der Waals surface area contributed by atoms with Crippen LogP contribution in [0.25, 0.3) is 0 Å². The average Bonchev–Trinajstić information content (AvgIpc) is 2.82. The van der Waals surface area contributed by atoms with Crippen molar-refractivity contribution in [3.8, 4) is 0 Å². The molecule has 1 N–H and O–H groups in total. The fourth-order valence-corrected chi connectivity index (χ4v) is 3.74. The quantitative estimate of drug-likeness (QED) is 0.851. The third-order valence-corrected chi connectivity index (χ3v) is 5.20. The van der Waals surface area contributed by atoms with E-state index in [2.05, 4.69) is 39.1 Å². The number of nitrogens with zero attached hydrogens (tertiary/aromatic N) is 1. The minimum atomic E-state index is 0.00385. The summed E-state index contributed by atoms with van der Waals surface area (Å²) in [6.07, 6.45) is 3.71. The number of carbonyl (C=O) groups is 2. The third-order valence-electron chi connectivity index (χ3n) is 5.20. The summed E-state index contributed by atoms with van der Waals surface area (Å²) in [6, 6.07) is 7.59. The lowest BCUT2D eigenvalue weighted by molar-refractivity contribution is -0.118. The van der Waals surface area contributed by atoms with Gasteiger partial charge >= 0.3 is 0 Å². The molecule has 1 saturated heterocycles. The second-order valence-corrected chi connectivity index (χ2v) is 7.76. The van der Waals surface area contributed by atoms with Crippen LogP contribution >= 0.6 is 0 Å². The monoisotopic (exact) mass is 326 g/mol. The molecule has 0 aromatic heterocycles. The fourth-order valence-electron chi connectivity index (χ4n) is 3.74. The third kappa shape index (κ3) is 3.10. The number of anilines is 2. The number of allylic oxidation sites excluding steroid dienone is 2. The zero-order valence-corrected chi connectivity index (χ0v) is 14.9. The summed E-state index contributed by atoms with van der Waals surface area (Å²) in [6.45, 7) is 9.18. The van der Waals surface area contributed by atoms with Crippen molar-refractivity contribution in [2.75, 3.05) is 16.8 Å². The molecule has 1 saturated carbocycles. The molecule has 0 bridgehead atoms. The molecule has 1 aliphatic carbocycles. The molecule has 128 valence electrons. The molecular weight excluding hydrogens is 300 g/mol. The second kappa shape index (κ2) is 6.08. The molecule has 4 heteroatoms. The Balaban J connectivity index is 1.72. The summed E-state index contributed by atoms with van der Waals surface area (Å²) in [5, 5.41) is 3.04. The fraction of sp³-hybridized carbons (Fsp3) is 0.500. The maximum atomic E-state index is 12.7. The molecule has 1 heterocycles. The van der Waals surface area contributed by atoms with Gasteiger partial charge in [0.2, 0.25) is 11.8 Å². The SMILES string of the molecule is CC(C)=C[C@H]1[C@@H](C(=O)Nc2cccc(N3CCCC3=O)c2)C1(C)C. The Morgan fingerprint density at radius 2 is 2.08 bits per heavy atom. The maximum absolute atomic E-state index is 12.7. The van der Waals surface area contributed by atoms with Crippen molar-refractivity contribution in [3.05, 3.63) is 35.9 Å². The van der Waals surface area contributed by atoms with Crippen LogP contribution in [0, 0.1) is 17.3 Å². The van der Waals surface area contributed by atoms with E-state index in [4.69, 9.17) is 0 Å². The van der Waals surface area contributed by atoms with Gasteiger partial charge in [-0.05, 0) is 49.8 Å². The number of rotatable bonds is 4. The van der Waals surface area contributed by atoms with Gasteiger partial charge in [0.15, 0.2) is 0 Å². The zero-order chi connectivity index (χ0) is 17.5. The van der Waals surface area contributed by atoms with E-state index in [1.54, 1.807) is 4.90 Å². The molecule has 0 radical (unpaired) electrons. The van der Waals surface area contributed by atoms with Gasteiger partial charge in [-0.2, -0.15) is 0 Å². The molecule has 2 amide bonds. The first-order valence-corrected chi connectivity index (χ1v) is 8.67. The highest BCUT2D eigenvalue weighted by atomic mass is 16.2. The van der Waals surface area contributed by atoms with Crippen molar-refractivity contribution in [1.29, 1.82) is 0 Å². The predicted octanol–water partition coefficient (Wildman–Crippen LogP) is 3.99. The second-order valence-electron chi connectivity index (χ2n) is 7.76. The van der Waals surface area contributed by atoms with Gasteiger partial charge in [-0.25, -0.2) is 0 Å². The highest BCUT2D eigenvalue weighted by molar-refractivity contribution is 5.98. The molecule has 1 aromatic carbocycles. The summed E-state index contributed by atoms with van der Waals surface area (Å²) in [5.74, 6) is 0.521. The van der Waals surface area contributed by atoms with E-state index < -0.39 is 0 Å². The van der Waals surface area contributed by atoms with Crippen LogP contribution in [0.15, 0.2) is 35.9 Å². The van der Waals surface area contributed by atoms with Crippen LogP contribution in [0.4, 0.5) is 11.4 Å². The minimum absolute atomic E-state index is 0.00385. The van der Waals surface area contributed by atoms with Crippen molar-refractivity contribution in [2.24, 2.45) is 17.3 Å². The van der Waals surface area contributed by atoms with Gasteiger partial charge in [-0.1, -0.05) is 31.6 Å². The van der Waals surface area contributed by atoms with Crippen molar-refractivity contribution < 1.29 is 9.59 Å². The van der Waals surface area contributed by atoms with E-state index in [0.29, 0.717) is 12.3 Å². The van der Waals surface area contributed by atoms with Crippen LogP contribution < -0.4 is 10.2 Å². The van der Waals surface area contributed by atoms with E-state index >= 15 is 0 Å². The van der Waals surface area contributed by atoms with Crippen molar-refractivity contribution in [2.45, 2.75) is 40.5 Å². The normalized spacial score (nSPS) is 24.7. The summed E-state index contributed by atoms with van der Waals surface area (Å²) in [4.78, 5) is 26.3. The molecule has 3 rings (SSSR count). The number of benzene rings is 1. The molecule has 24 heavy (non-hydrogen) atoms. The summed E-state index contributed by atoms with van der Waals surface area (Å²) >= 11 is 0. The smallest absolute Gasteiger partial charge is 0.228 e. The first-order valence-electron chi connectivity index (χ1n) is 8.67. The number of hydrogen-bond donors (Lipinski definition) is 1. The van der Waals surface area contributed by atoms with Gasteiger partial charge in [-0.15, -0.1) is 0 Å². The van der Waals surface area contributed by atoms with Gasteiger partial charge < -0.3 is 10.2 Å². The Kier molecular flexibility index (Phi) is 4.24. The van der Waals surface area contributed by atoms with Crippen molar-refractivity contribution in [1.82, 2.24) is 0 Å². The van der Waals surface area contributed by atoms with Gasteiger partial charge in [0.1, 0.15) is 0 Å². The van der Waals surface area contributed by atoms with Crippen molar-refractivity contribution in [3.63, 3.8) is 0 Å². The van der Waals surface area contributed by atoms with Gasteiger partial charge in [0, 0.05) is 24.3 Å². The summed E-state index contributed by atoms with van der Waals surface area (Å²) < 4.78 is 0. The van der Waals surface area contributed by atoms with Crippen LogP contribution in [-0.4, -0.2) is 18.4 Å². The van der Waals surface area contributed by atoms with Gasteiger partial charge in [-0.3, -0.25) is 9.59 Å². The highest BCUT2D eigenvalue weighted by Gasteiger charge is 2.60. The van der Waals surface area contributed by atoms with E-state index in [-0.39, 0.29) is 23.1 Å².